The summed E-state index contributed by atoms with van der Waals surface area (Å²) < 4.78 is 5.46. The molecule has 114 valence electrons. The zero-order valence-electron chi connectivity index (χ0n) is 11.9. The van der Waals surface area contributed by atoms with Gasteiger partial charge in [-0.3, -0.25) is 9.69 Å². The number of β-amino-alcohol motifs (C(OH)–C–C–N with tert-alkyl or cyclic N) is 1. The van der Waals surface area contributed by atoms with Crippen molar-refractivity contribution in [3.63, 3.8) is 0 Å². The second-order valence-electron chi connectivity index (χ2n) is 6.32. The van der Waals surface area contributed by atoms with Crippen molar-refractivity contribution in [3.8, 4) is 0 Å². The van der Waals surface area contributed by atoms with Crippen molar-refractivity contribution in [2.75, 3.05) is 39.4 Å². The maximum absolute atomic E-state index is 12.3. The molecule has 0 bridgehead atoms. The van der Waals surface area contributed by atoms with Crippen LogP contribution in [0, 0.1) is 0 Å². The third-order valence-electron chi connectivity index (χ3n) is 4.50. The van der Waals surface area contributed by atoms with Gasteiger partial charge in [-0.15, -0.1) is 0 Å². The van der Waals surface area contributed by atoms with E-state index in [0.717, 1.165) is 45.3 Å². The number of hydrogen-bond donors (Lipinski definition) is 3. The van der Waals surface area contributed by atoms with Gasteiger partial charge in [-0.05, 0) is 38.8 Å². The molecule has 1 atom stereocenters. The summed E-state index contributed by atoms with van der Waals surface area (Å²) in [6.07, 6.45) is 3.69. The van der Waals surface area contributed by atoms with Crippen molar-refractivity contribution in [2.24, 2.45) is 0 Å². The molecule has 0 aromatic rings. The Labute approximate surface area is 119 Å². The number of nitrogens with one attached hydrogen (secondary N) is 2. The molecule has 2 saturated heterocycles. The van der Waals surface area contributed by atoms with Crippen molar-refractivity contribution >= 4 is 5.91 Å². The van der Waals surface area contributed by atoms with Gasteiger partial charge in [0.05, 0.1) is 18.8 Å². The Kier molecular flexibility index (Phi) is 4.26. The summed E-state index contributed by atoms with van der Waals surface area (Å²) in [6, 6.07) is 0.122. The van der Waals surface area contributed by atoms with Crippen molar-refractivity contribution in [3.05, 3.63) is 0 Å². The van der Waals surface area contributed by atoms with Gasteiger partial charge in [0.2, 0.25) is 5.91 Å². The van der Waals surface area contributed by atoms with Crippen LogP contribution in [-0.2, 0) is 9.53 Å². The first-order chi connectivity index (χ1) is 9.66. The van der Waals surface area contributed by atoms with Gasteiger partial charge in [0.1, 0.15) is 6.04 Å². The predicted molar refractivity (Wildman–Crippen MR) is 74.4 cm³/mol. The largest absolute Gasteiger partial charge is 0.388 e. The van der Waals surface area contributed by atoms with Gasteiger partial charge >= 0.3 is 0 Å². The minimum atomic E-state index is -0.666. The molecule has 0 aromatic carbocycles. The van der Waals surface area contributed by atoms with Crippen LogP contribution in [-0.4, -0.2) is 73.0 Å². The normalized spacial score (nSPS) is 30.9. The van der Waals surface area contributed by atoms with Crippen LogP contribution in [0.4, 0.5) is 0 Å². The second kappa shape index (κ2) is 5.97. The molecule has 1 unspecified atom stereocenters. The minimum Gasteiger partial charge on any atom is -0.388 e. The zero-order chi connectivity index (χ0) is 14.0. The fraction of sp³-hybridized carbons (Fsp3) is 0.929. The summed E-state index contributed by atoms with van der Waals surface area (Å²) >= 11 is 0. The molecule has 2 heterocycles. The Bertz CT molecular complexity index is 354. The smallest absolute Gasteiger partial charge is 0.239 e. The van der Waals surface area contributed by atoms with E-state index in [1.165, 1.54) is 0 Å². The predicted octanol–water partition coefficient (Wildman–Crippen LogP) is -0.920. The number of rotatable bonds is 4. The molecule has 3 fully saturated rings. The molecule has 1 amide bonds. The maximum Gasteiger partial charge on any atom is 0.239 e. The van der Waals surface area contributed by atoms with Crippen LogP contribution in [0.2, 0.25) is 0 Å². The number of morpholine rings is 1. The molecule has 0 spiro atoms. The van der Waals surface area contributed by atoms with E-state index in [4.69, 9.17) is 4.74 Å². The van der Waals surface area contributed by atoms with Crippen LogP contribution >= 0.6 is 0 Å². The van der Waals surface area contributed by atoms with E-state index in [9.17, 15) is 9.90 Å². The highest BCUT2D eigenvalue weighted by atomic mass is 16.5. The number of amides is 1. The van der Waals surface area contributed by atoms with Gasteiger partial charge in [0, 0.05) is 19.1 Å². The van der Waals surface area contributed by atoms with Crippen molar-refractivity contribution < 1.29 is 14.6 Å². The fourth-order valence-corrected chi connectivity index (χ4v) is 3.02. The van der Waals surface area contributed by atoms with Gasteiger partial charge in [0.15, 0.2) is 0 Å². The van der Waals surface area contributed by atoms with E-state index in [0.29, 0.717) is 25.8 Å². The molecule has 6 nitrogen and oxygen atoms in total. The van der Waals surface area contributed by atoms with E-state index in [2.05, 4.69) is 15.5 Å². The van der Waals surface area contributed by atoms with Gasteiger partial charge in [-0.2, -0.15) is 0 Å². The topological polar surface area (TPSA) is 73.8 Å². The third-order valence-corrected chi connectivity index (χ3v) is 4.50. The first-order valence-electron chi connectivity index (χ1n) is 7.72. The third kappa shape index (κ3) is 3.49. The number of aliphatic hydroxyl groups is 1. The molecular formula is C14H25N3O3. The second-order valence-corrected chi connectivity index (χ2v) is 6.32. The highest BCUT2D eigenvalue weighted by Crippen LogP contribution is 2.23. The molecule has 3 aliphatic rings. The van der Waals surface area contributed by atoms with Crippen molar-refractivity contribution in [1.29, 1.82) is 0 Å². The molecule has 0 radical (unpaired) electrons. The summed E-state index contributed by atoms with van der Waals surface area (Å²) in [5.41, 5.74) is -0.666. The van der Waals surface area contributed by atoms with E-state index in [1.807, 2.05) is 0 Å². The Balaban J connectivity index is 1.60. The standard InChI is InChI=1S/C14H25N3O3/c18-13(16-11-1-2-11)12-9-20-8-7-17(12)10-14(19)3-5-15-6-4-14/h11-12,15,19H,1-10H2,(H,16,18). The monoisotopic (exact) mass is 283 g/mol. The summed E-state index contributed by atoms with van der Waals surface area (Å²) in [5.74, 6) is 0.0599. The van der Waals surface area contributed by atoms with Crippen LogP contribution in [0.1, 0.15) is 25.7 Å². The van der Waals surface area contributed by atoms with Crippen molar-refractivity contribution in [1.82, 2.24) is 15.5 Å². The number of ether oxygens (including phenoxy) is 1. The van der Waals surface area contributed by atoms with Gasteiger partial charge in [-0.1, -0.05) is 0 Å². The van der Waals surface area contributed by atoms with Crippen LogP contribution in [0.15, 0.2) is 0 Å². The molecule has 1 aliphatic carbocycles. The van der Waals surface area contributed by atoms with E-state index in [1.54, 1.807) is 0 Å². The molecule has 0 aromatic heterocycles. The molecule has 20 heavy (non-hydrogen) atoms. The van der Waals surface area contributed by atoms with Crippen LogP contribution in [0.3, 0.4) is 0 Å². The molecule has 3 N–H and O–H groups in total. The number of nitrogens with zero attached hydrogens (tertiary/aromatic N) is 1. The van der Waals surface area contributed by atoms with E-state index in [-0.39, 0.29) is 11.9 Å². The Hall–Kier alpha value is -0.690. The summed E-state index contributed by atoms with van der Waals surface area (Å²) in [5, 5.41) is 17.0. The van der Waals surface area contributed by atoms with Gasteiger partial charge in [-0.25, -0.2) is 0 Å². The van der Waals surface area contributed by atoms with Crippen LogP contribution in [0.25, 0.3) is 0 Å². The molecule has 1 saturated carbocycles. The van der Waals surface area contributed by atoms with Gasteiger partial charge < -0.3 is 20.5 Å². The molecule has 3 rings (SSSR count). The molecular weight excluding hydrogens is 258 g/mol. The number of carbonyl (C=O) groups is 1. The van der Waals surface area contributed by atoms with Crippen molar-refractivity contribution in [2.45, 2.75) is 43.4 Å². The van der Waals surface area contributed by atoms with Crippen LogP contribution < -0.4 is 10.6 Å². The summed E-state index contributed by atoms with van der Waals surface area (Å²) in [6.45, 7) is 4.06. The Morgan fingerprint density at radius 3 is 2.85 bits per heavy atom. The fourth-order valence-electron chi connectivity index (χ4n) is 3.02. The lowest BCUT2D eigenvalue weighted by molar-refractivity contribution is -0.136. The lowest BCUT2D eigenvalue weighted by Crippen LogP contribution is -2.59. The number of hydrogen-bond acceptors (Lipinski definition) is 5. The van der Waals surface area contributed by atoms with E-state index < -0.39 is 5.60 Å². The van der Waals surface area contributed by atoms with Gasteiger partial charge in [0.25, 0.3) is 0 Å². The van der Waals surface area contributed by atoms with E-state index >= 15 is 0 Å². The summed E-state index contributed by atoms with van der Waals surface area (Å²) in [7, 11) is 0. The highest BCUT2D eigenvalue weighted by Gasteiger charge is 2.38. The first kappa shape index (κ1) is 14.3. The maximum atomic E-state index is 12.3. The molecule has 6 heteroatoms. The minimum absolute atomic E-state index is 0.0599. The molecule has 2 aliphatic heterocycles. The average molecular weight is 283 g/mol. The Morgan fingerprint density at radius 1 is 1.40 bits per heavy atom. The summed E-state index contributed by atoms with van der Waals surface area (Å²) in [4.78, 5) is 14.4. The Morgan fingerprint density at radius 2 is 2.15 bits per heavy atom. The van der Waals surface area contributed by atoms with Crippen LogP contribution in [0.5, 0.6) is 0 Å². The lowest BCUT2D eigenvalue weighted by Gasteiger charge is -2.41. The lowest BCUT2D eigenvalue weighted by atomic mass is 9.91. The first-order valence-corrected chi connectivity index (χ1v) is 7.72. The number of carbonyl (C=O) groups excluding carboxylic acids is 1. The highest BCUT2D eigenvalue weighted by molar-refractivity contribution is 5.82. The quantitative estimate of drug-likeness (QED) is 0.622. The SMILES string of the molecule is O=C(NC1CC1)C1COCCN1CC1(O)CCNCC1. The zero-order valence-corrected chi connectivity index (χ0v) is 11.9. The average Bonchev–Trinajstić information content (AvgIpc) is 3.23. The number of piperidine rings is 1.